The van der Waals surface area contributed by atoms with E-state index in [1.165, 1.54) is 0 Å². The van der Waals surface area contributed by atoms with Gasteiger partial charge in [-0.1, -0.05) is 67.9 Å². The number of carbonyl (C=O) groups excluding carboxylic acids is 1. The van der Waals surface area contributed by atoms with Crippen molar-refractivity contribution in [3.05, 3.63) is 101 Å². The van der Waals surface area contributed by atoms with Gasteiger partial charge in [0.15, 0.2) is 15.6 Å². The smallest absolute Gasteiger partial charge is 0.185 e. The highest BCUT2D eigenvalue weighted by Gasteiger charge is 2.31. The Morgan fingerprint density at radius 1 is 0.828 bits per heavy atom. The fraction of sp³-hybridized carbons (Fsp3) is 0.208. The molecule has 29 heavy (non-hydrogen) atoms. The summed E-state index contributed by atoms with van der Waals surface area (Å²) < 4.78 is 26.8. The molecule has 0 aliphatic rings. The number of carbonyl (C=O) groups is 1. The standard InChI is InChI=1S/C24H23ClO3S/c1-17(2)18-8-10-20(11-9-18)24(29(27,28)22-6-4-3-5-7-22)16-23(26)19-12-14-21(25)15-13-19/h3-15,17,24H,16H2,1-2H3/t24-/m1/s1. The molecule has 0 amide bonds. The minimum absolute atomic E-state index is 0.139. The largest absolute Gasteiger partial charge is 0.294 e. The van der Waals surface area contributed by atoms with E-state index >= 15 is 0 Å². The normalized spacial score (nSPS) is 12.7. The van der Waals surface area contributed by atoms with Crippen LogP contribution < -0.4 is 0 Å². The molecule has 3 nitrogen and oxygen atoms in total. The molecule has 0 saturated heterocycles. The van der Waals surface area contributed by atoms with Crippen LogP contribution in [0.25, 0.3) is 0 Å². The second kappa shape index (κ2) is 8.93. The zero-order valence-electron chi connectivity index (χ0n) is 16.4. The summed E-state index contributed by atoms with van der Waals surface area (Å²) in [7, 11) is -3.75. The van der Waals surface area contributed by atoms with Crippen molar-refractivity contribution in [3.8, 4) is 0 Å². The number of rotatable bonds is 7. The summed E-state index contributed by atoms with van der Waals surface area (Å²) in [6.45, 7) is 4.16. The van der Waals surface area contributed by atoms with Crippen molar-refractivity contribution in [2.24, 2.45) is 0 Å². The molecule has 0 radical (unpaired) electrons. The van der Waals surface area contributed by atoms with Gasteiger partial charge < -0.3 is 0 Å². The first kappa shape index (κ1) is 21.3. The van der Waals surface area contributed by atoms with Gasteiger partial charge in [0.05, 0.1) is 10.1 Å². The van der Waals surface area contributed by atoms with Crippen molar-refractivity contribution in [2.45, 2.75) is 36.3 Å². The van der Waals surface area contributed by atoms with Crippen LogP contribution in [0.15, 0.2) is 83.8 Å². The molecule has 0 aliphatic heterocycles. The van der Waals surface area contributed by atoms with Crippen molar-refractivity contribution in [3.63, 3.8) is 0 Å². The first-order valence-corrected chi connectivity index (χ1v) is 11.4. The van der Waals surface area contributed by atoms with Gasteiger partial charge in [-0.2, -0.15) is 0 Å². The lowest BCUT2D eigenvalue weighted by Gasteiger charge is -2.19. The van der Waals surface area contributed by atoms with Crippen LogP contribution in [0.3, 0.4) is 0 Å². The first-order valence-electron chi connectivity index (χ1n) is 9.46. The number of halogens is 1. The van der Waals surface area contributed by atoms with Gasteiger partial charge in [-0.3, -0.25) is 4.79 Å². The van der Waals surface area contributed by atoms with E-state index in [1.807, 2.05) is 24.3 Å². The monoisotopic (exact) mass is 426 g/mol. The van der Waals surface area contributed by atoms with Crippen LogP contribution in [-0.4, -0.2) is 14.2 Å². The number of hydrogen-bond donors (Lipinski definition) is 0. The third-order valence-electron chi connectivity index (χ3n) is 4.96. The van der Waals surface area contributed by atoms with E-state index in [4.69, 9.17) is 11.6 Å². The van der Waals surface area contributed by atoms with Crippen LogP contribution in [0, 0.1) is 0 Å². The molecule has 0 aromatic heterocycles. The van der Waals surface area contributed by atoms with Crippen molar-refractivity contribution < 1.29 is 13.2 Å². The van der Waals surface area contributed by atoms with E-state index < -0.39 is 15.1 Å². The molecule has 0 aliphatic carbocycles. The summed E-state index contributed by atoms with van der Waals surface area (Å²) in [5, 5.41) is -0.437. The van der Waals surface area contributed by atoms with Crippen LogP contribution in [-0.2, 0) is 9.84 Å². The molecule has 1 atom stereocenters. The summed E-state index contributed by atoms with van der Waals surface area (Å²) in [6, 6.07) is 22.3. The quantitative estimate of drug-likeness (QED) is 0.419. The summed E-state index contributed by atoms with van der Waals surface area (Å²) in [4.78, 5) is 13.1. The molecule has 3 aromatic carbocycles. The van der Waals surface area contributed by atoms with Crippen molar-refractivity contribution in [1.29, 1.82) is 0 Å². The van der Waals surface area contributed by atoms with E-state index in [9.17, 15) is 13.2 Å². The maximum atomic E-state index is 13.4. The highest BCUT2D eigenvalue weighted by atomic mass is 35.5. The highest BCUT2D eigenvalue weighted by molar-refractivity contribution is 7.91. The molecule has 0 N–H and O–H groups in total. The number of ketones is 1. The average Bonchev–Trinajstić information content (AvgIpc) is 2.73. The van der Waals surface area contributed by atoms with Gasteiger partial charge >= 0.3 is 0 Å². The zero-order valence-corrected chi connectivity index (χ0v) is 18.0. The minimum atomic E-state index is -3.75. The van der Waals surface area contributed by atoms with Crippen LogP contribution in [0.4, 0.5) is 0 Å². The van der Waals surface area contributed by atoms with Crippen LogP contribution in [0.2, 0.25) is 5.02 Å². The number of sulfone groups is 1. The van der Waals surface area contributed by atoms with Gasteiger partial charge in [0, 0.05) is 17.0 Å². The number of hydrogen-bond acceptors (Lipinski definition) is 3. The van der Waals surface area contributed by atoms with Gasteiger partial charge in [0.25, 0.3) is 0 Å². The lowest BCUT2D eigenvalue weighted by molar-refractivity contribution is 0.0980. The number of benzene rings is 3. The van der Waals surface area contributed by atoms with Crippen molar-refractivity contribution in [1.82, 2.24) is 0 Å². The summed E-state index contributed by atoms with van der Waals surface area (Å²) in [5.74, 6) is 0.100. The van der Waals surface area contributed by atoms with E-state index in [0.29, 0.717) is 22.1 Å². The maximum absolute atomic E-state index is 13.4. The Kier molecular flexibility index (Phi) is 6.56. The molecule has 0 spiro atoms. The third-order valence-corrected chi connectivity index (χ3v) is 7.33. The molecule has 0 saturated carbocycles. The second-order valence-corrected chi connectivity index (χ2v) is 9.87. The molecular weight excluding hydrogens is 404 g/mol. The van der Waals surface area contributed by atoms with Gasteiger partial charge in [0.1, 0.15) is 0 Å². The second-order valence-electron chi connectivity index (χ2n) is 7.30. The molecule has 5 heteroatoms. The summed E-state index contributed by atoms with van der Waals surface area (Å²) in [6.07, 6.45) is -0.139. The topological polar surface area (TPSA) is 51.2 Å². The van der Waals surface area contributed by atoms with Gasteiger partial charge in [-0.25, -0.2) is 8.42 Å². The fourth-order valence-electron chi connectivity index (χ4n) is 3.20. The number of Topliss-reactive ketones (excluding diaryl/α,β-unsaturated/α-hetero) is 1. The lowest BCUT2D eigenvalue weighted by Crippen LogP contribution is -2.18. The van der Waals surface area contributed by atoms with E-state index in [1.54, 1.807) is 54.6 Å². The minimum Gasteiger partial charge on any atom is -0.294 e. The molecule has 0 fully saturated rings. The molecule has 150 valence electrons. The molecule has 0 bridgehead atoms. The lowest BCUT2D eigenvalue weighted by atomic mass is 9.98. The van der Waals surface area contributed by atoms with Crippen molar-refractivity contribution in [2.75, 3.05) is 0 Å². The maximum Gasteiger partial charge on any atom is 0.185 e. The SMILES string of the molecule is CC(C)c1ccc([C@@H](CC(=O)c2ccc(Cl)cc2)S(=O)(=O)c2ccccc2)cc1. The Labute approximate surface area is 177 Å². The van der Waals surface area contributed by atoms with Gasteiger partial charge in [0.2, 0.25) is 0 Å². The fourth-order valence-corrected chi connectivity index (χ4v) is 5.08. The van der Waals surface area contributed by atoms with Gasteiger partial charge in [-0.05, 0) is 53.4 Å². The average molecular weight is 427 g/mol. The Morgan fingerprint density at radius 3 is 1.93 bits per heavy atom. The molecule has 0 unspecified atom stereocenters. The van der Waals surface area contributed by atoms with Gasteiger partial charge in [-0.15, -0.1) is 0 Å². The molecular formula is C24H23ClO3S. The third kappa shape index (κ3) is 4.95. The zero-order chi connectivity index (χ0) is 21.0. The van der Waals surface area contributed by atoms with Crippen molar-refractivity contribution >= 4 is 27.2 Å². The Bertz CT molecular complexity index is 1070. The Balaban J connectivity index is 2.01. The highest BCUT2D eigenvalue weighted by Crippen LogP contribution is 2.34. The Hall–Kier alpha value is -2.43. The van der Waals surface area contributed by atoms with Crippen LogP contribution in [0.5, 0.6) is 0 Å². The molecule has 3 rings (SSSR count). The predicted octanol–water partition coefficient (Wildman–Crippen LogP) is 6.25. The van der Waals surface area contributed by atoms with Crippen LogP contribution >= 0.6 is 11.6 Å². The summed E-state index contributed by atoms with van der Waals surface area (Å²) >= 11 is 5.90. The summed E-state index contributed by atoms with van der Waals surface area (Å²) in [5.41, 5.74) is 2.18. The Morgan fingerprint density at radius 2 is 1.38 bits per heavy atom. The molecule has 3 aromatic rings. The predicted molar refractivity (Wildman–Crippen MR) is 117 cm³/mol. The van der Waals surface area contributed by atoms with E-state index in [2.05, 4.69) is 13.8 Å². The van der Waals surface area contributed by atoms with Crippen LogP contribution in [0.1, 0.15) is 52.9 Å². The molecule has 0 heterocycles. The van der Waals surface area contributed by atoms with E-state index in [0.717, 1.165) is 5.56 Å². The first-order chi connectivity index (χ1) is 13.8. The van der Waals surface area contributed by atoms with E-state index in [-0.39, 0.29) is 17.1 Å².